The second-order valence-electron chi connectivity index (χ2n) is 7.65. The zero-order valence-corrected chi connectivity index (χ0v) is 18.5. The molecule has 1 atom stereocenters. The summed E-state index contributed by atoms with van der Waals surface area (Å²) in [6, 6.07) is 9.92. The fraction of sp³-hybridized carbons (Fsp3) is 0.522. The molecule has 1 rings (SSSR count). The van der Waals surface area contributed by atoms with E-state index in [4.69, 9.17) is 4.74 Å². The maximum Gasteiger partial charge on any atom is 0.333 e. The fourth-order valence-corrected chi connectivity index (χ4v) is 3.22. The summed E-state index contributed by atoms with van der Waals surface area (Å²) in [6.07, 6.45) is 2.31. The van der Waals surface area contributed by atoms with E-state index in [2.05, 4.69) is 5.32 Å². The molecular weight excluding hydrogens is 368 g/mol. The number of nitrogens with one attached hydrogen (secondary N) is 1. The molecule has 1 N–H and O–H groups in total. The number of benzene rings is 1. The first kappa shape index (κ1) is 24.4. The van der Waals surface area contributed by atoms with E-state index in [1.807, 2.05) is 51.1 Å². The molecule has 0 bridgehead atoms. The highest BCUT2D eigenvalue weighted by Crippen LogP contribution is 2.33. The molecule has 1 aromatic carbocycles. The number of ether oxygens (including phenoxy) is 1. The van der Waals surface area contributed by atoms with Crippen LogP contribution in [0.1, 0.15) is 46.6 Å². The molecular formula is C23H34N2O4. The average molecular weight is 403 g/mol. The second-order valence-corrected chi connectivity index (χ2v) is 7.65. The van der Waals surface area contributed by atoms with Crippen LogP contribution in [0, 0.1) is 5.92 Å². The standard InChI is InChI=1S/C23H34N2O4/c1-7-19(23(4,5)18-12-10-9-11-13-18)21(27)24-16-20(26)25(6)15-14-17(3)22(28)29-8-2/h9-14,19H,7-8,15-16H2,1-6H3,(H,24,27)/b17-14+/t19-/m1/s1. The molecule has 0 saturated heterocycles. The lowest BCUT2D eigenvalue weighted by molar-refractivity contribution is -0.138. The minimum atomic E-state index is -0.393. The zero-order valence-electron chi connectivity index (χ0n) is 18.5. The van der Waals surface area contributed by atoms with Gasteiger partial charge in [-0.15, -0.1) is 0 Å². The lowest BCUT2D eigenvalue weighted by Gasteiger charge is -2.33. The third-order valence-corrected chi connectivity index (χ3v) is 5.22. The van der Waals surface area contributed by atoms with Gasteiger partial charge in [-0.2, -0.15) is 0 Å². The molecule has 0 aliphatic carbocycles. The Bertz CT molecular complexity index is 726. The summed E-state index contributed by atoms with van der Waals surface area (Å²) in [7, 11) is 1.63. The minimum Gasteiger partial charge on any atom is -0.463 e. The van der Waals surface area contributed by atoms with Crippen LogP contribution in [0.3, 0.4) is 0 Å². The maximum atomic E-state index is 12.8. The number of carbonyl (C=O) groups is 3. The third kappa shape index (κ3) is 7.04. The van der Waals surface area contributed by atoms with Gasteiger partial charge in [-0.3, -0.25) is 9.59 Å². The number of likely N-dealkylation sites (N-methyl/N-ethyl adjacent to an activating group) is 1. The van der Waals surface area contributed by atoms with Gasteiger partial charge >= 0.3 is 5.97 Å². The molecule has 29 heavy (non-hydrogen) atoms. The van der Waals surface area contributed by atoms with Crippen molar-refractivity contribution in [1.82, 2.24) is 10.2 Å². The van der Waals surface area contributed by atoms with Crippen molar-refractivity contribution < 1.29 is 19.1 Å². The van der Waals surface area contributed by atoms with Crippen LogP contribution >= 0.6 is 0 Å². The molecule has 6 nitrogen and oxygen atoms in total. The molecule has 0 spiro atoms. The van der Waals surface area contributed by atoms with E-state index >= 15 is 0 Å². The lowest BCUT2D eigenvalue weighted by Crippen LogP contribution is -2.45. The van der Waals surface area contributed by atoms with Gasteiger partial charge in [-0.25, -0.2) is 4.79 Å². The predicted octanol–water partition coefficient (Wildman–Crippen LogP) is 3.07. The summed E-state index contributed by atoms with van der Waals surface area (Å²) < 4.78 is 4.91. The van der Waals surface area contributed by atoms with Crippen molar-refractivity contribution in [3.63, 3.8) is 0 Å². The summed E-state index contributed by atoms with van der Waals surface area (Å²) >= 11 is 0. The Morgan fingerprint density at radius 1 is 1.17 bits per heavy atom. The Morgan fingerprint density at radius 2 is 1.79 bits per heavy atom. The molecule has 1 aromatic rings. The van der Waals surface area contributed by atoms with E-state index in [0.717, 1.165) is 5.56 Å². The number of hydrogen-bond donors (Lipinski definition) is 1. The van der Waals surface area contributed by atoms with Crippen LogP contribution in [0.2, 0.25) is 0 Å². The molecule has 6 heteroatoms. The van der Waals surface area contributed by atoms with Gasteiger partial charge in [0, 0.05) is 30.5 Å². The SMILES string of the molecule is CCOC(=O)/C(C)=C/CN(C)C(=O)CNC(=O)[C@@H](CC)C(C)(C)c1ccccc1. The van der Waals surface area contributed by atoms with Gasteiger partial charge in [0.15, 0.2) is 0 Å². The van der Waals surface area contributed by atoms with E-state index in [1.54, 1.807) is 27.0 Å². The van der Waals surface area contributed by atoms with Crippen LogP contribution in [0.25, 0.3) is 0 Å². The van der Waals surface area contributed by atoms with Crippen LogP contribution < -0.4 is 5.32 Å². The highest BCUT2D eigenvalue weighted by Gasteiger charge is 2.35. The first-order valence-electron chi connectivity index (χ1n) is 10.1. The van der Waals surface area contributed by atoms with E-state index in [0.29, 0.717) is 18.6 Å². The second kappa shape index (κ2) is 11.4. The quantitative estimate of drug-likeness (QED) is 0.482. The highest BCUT2D eigenvalue weighted by molar-refractivity contribution is 5.88. The molecule has 0 saturated carbocycles. The summed E-state index contributed by atoms with van der Waals surface area (Å²) in [4.78, 5) is 38.2. The van der Waals surface area contributed by atoms with Crippen molar-refractivity contribution in [3.8, 4) is 0 Å². The number of nitrogens with zero attached hydrogens (tertiary/aromatic N) is 1. The van der Waals surface area contributed by atoms with Crippen molar-refractivity contribution in [2.75, 3.05) is 26.7 Å². The van der Waals surface area contributed by atoms with E-state index in [1.165, 1.54) is 4.90 Å². The Morgan fingerprint density at radius 3 is 2.34 bits per heavy atom. The maximum absolute atomic E-state index is 12.8. The van der Waals surface area contributed by atoms with Crippen LogP contribution in [0.15, 0.2) is 42.0 Å². The summed E-state index contributed by atoms with van der Waals surface area (Å²) in [5.74, 6) is -1.01. The molecule has 160 valence electrons. The smallest absolute Gasteiger partial charge is 0.333 e. The van der Waals surface area contributed by atoms with Crippen molar-refractivity contribution in [2.24, 2.45) is 5.92 Å². The van der Waals surface area contributed by atoms with Crippen molar-refractivity contribution >= 4 is 17.8 Å². The van der Waals surface area contributed by atoms with E-state index in [9.17, 15) is 14.4 Å². The number of carbonyl (C=O) groups excluding carboxylic acids is 3. The molecule has 2 amide bonds. The minimum absolute atomic E-state index is 0.0804. The zero-order chi connectivity index (χ0) is 22.0. The molecule has 0 heterocycles. The van der Waals surface area contributed by atoms with Gasteiger partial charge in [0.2, 0.25) is 11.8 Å². The molecule has 0 radical (unpaired) electrons. The number of hydrogen-bond acceptors (Lipinski definition) is 4. The third-order valence-electron chi connectivity index (χ3n) is 5.22. The monoisotopic (exact) mass is 402 g/mol. The van der Waals surface area contributed by atoms with Gasteiger partial charge in [-0.05, 0) is 25.8 Å². The Kier molecular flexibility index (Phi) is 9.59. The van der Waals surface area contributed by atoms with Crippen LogP contribution in [0.5, 0.6) is 0 Å². The van der Waals surface area contributed by atoms with Gasteiger partial charge in [0.25, 0.3) is 0 Å². The Labute approximate surface area is 174 Å². The lowest BCUT2D eigenvalue weighted by atomic mass is 9.71. The van der Waals surface area contributed by atoms with Gasteiger partial charge in [0.05, 0.1) is 13.2 Å². The van der Waals surface area contributed by atoms with E-state index < -0.39 is 5.97 Å². The summed E-state index contributed by atoms with van der Waals surface area (Å²) in [6.45, 7) is 9.96. The summed E-state index contributed by atoms with van der Waals surface area (Å²) in [5.41, 5.74) is 1.19. The van der Waals surface area contributed by atoms with Crippen molar-refractivity contribution in [2.45, 2.75) is 46.5 Å². The summed E-state index contributed by atoms with van der Waals surface area (Å²) in [5, 5.41) is 2.78. The van der Waals surface area contributed by atoms with Crippen LogP contribution in [0.4, 0.5) is 0 Å². The number of amides is 2. The first-order valence-corrected chi connectivity index (χ1v) is 10.1. The van der Waals surface area contributed by atoms with Gasteiger partial charge in [-0.1, -0.05) is 57.2 Å². The number of rotatable bonds is 10. The average Bonchev–Trinajstić information content (AvgIpc) is 2.70. The molecule has 0 aromatic heterocycles. The highest BCUT2D eigenvalue weighted by atomic mass is 16.5. The van der Waals surface area contributed by atoms with Gasteiger partial charge < -0.3 is 15.0 Å². The van der Waals surface area contributed by atoms with Crippen LogP contribution in [-0.4, -0.2) is 49.4 Å². The molecule has 0 aliphatic heterocycles. The van der Waals surface area contributed by atoms with Gasteiger partial charge in [0.1, 0.15) is 0 Å². The van der Waals surface area contributed by atoms with Crippen molar-refractivity contribution in [1.29, 1.82) is 0 Å². The predicted molar refractivity (Wildman–Crippen MR) is 114 cm³/mol. The molecule has 0 fully saturated rings. The Hall–Kier alpha value is -2.63. The normalized spacial score (nSPS) is 12.8. The fourth-order valence-electron chi connectivity index (χ4n) is 3.22. The Balaban J connectivity index is 2.66. The first-order chi connectivity index (χ1) is 13.6. The topological polar surface area (TPSA) is 75.7 Å². The number of esters is 1. The van der Waals surface area contributed by atoms with Crippen LogP contribution in [-0.2, 0) is 24.5 Å². The van der Waals surface area contributed by atoms with E-state index in [-0.39, 0.29) is 36.2 Å². The largest absolute Gasteiger partial charge is 0.463 e. The molecule has 0 aliphatic rings. The van der Waals surface area contributed by atoms with Crippen molar-refractivity contribution in [3.05, 3.63) is 47.5 Å². The molecule has 0 unspecified atom stereocenters.